The van der Waals surface area contributed by atoms with Crippen molar-refractivity contribution in [1.82, 2.24) is 14.9 Å². The highest BCUT2D eigenvalue weighted by Crippen LogP contribution is 2.22. The van der Waals surface area contributed by atoms with Crippen molar-refractivity contribution in [2.75, 3.05) is 31.2 Å². The smallest absolute Gasteiger partial charge is 0.222 e. The van der Waals surface area contributed by atoms with Gasteiger partial charge in [-0.2, -0.15) is 4.98 Å². The molecule has 0 atom stereocenters. The zero-order valence-corrected chi connectivity index (χ0v) is 11.5. The van der Waals surface area contributed by atoms with Gasteiger partial charge < -0.3 is 16.0 Å². The second-order valence-electron chi connectivity index (χ2n) is 4.77. The van der Waals surface area contributed by atoms with Crippen LogP contribution in [0.1, 0.15) is 25.7 Å². The predicted octanol–water partition coefficient (Wildman–Crippen LogP) is 2.00. The van der Waals surface area contributed by atoms with Gasteiger partial charge in [-0.1, -0.05) is 24.4 Å². The largest absolute Gasteiger partial charge is 0.368 e. The number of anilines is 2. The molecule has 0 amide bonds. The van der Waals surface area contributed by atoms with Gasteiger partial charge in [-0.05, 0) is 19.9 Å². The summed E-state index contributed by atoms with van der Waals surface area (Å²) in [4.78, 5) is 10.3. The van der Waals surface area contributed by atoms with Gasteiger partial charge in [0.15, 0.2) is 5.82 Å². The highest BCUT2D eigenvalue weighted by atomic mass is 35.5. The Bertz CT molecular complexity index is 392. The van der Waals surface area contributed by atoms with Gasteiger partial charge in [-0.25, -0.2) is 4.98 Å². The average Bonchev–Trinajstić information content (AvgIpc) is 2.87. The summed E-state index contributed by atoms with van der Waals surface area (Å²) in [6.45, 7) is 1.79. The molecule has 1 aliphatic carbocycles. The topological polar surface area (TPSA) is 67.1 Å². The van der Waals surface area contributed by atoms with Gasteiger partial charge in [0.05, 0.1) is 6.20 Å². The first kappa shape index (κ1) is 13.4. The SMILES string of the molecule is CN(CCNc1nc(N)ncc1Cl)C1CCCC1. The molecule has 0 saturated heterocycles. The maximum Gasteiger partial charge on any atom is 0.222 e. The lowest BCUT2D eigenvalue weighted by atomic mass is 10.2. The molecular weight excluding hydrogens is 250 g/mol. The molecule has 0 aromatic carbocycles. The first-order valence-electron chi connectivity index (χ1n) is 6.39. The summed E-state index contributed by atoms with van der Waals surface area (Å²) in [5, 5.41) is 3.71. The lowest BCUT2D eigenvalue weighted by Crippen LogP contribution is -2.33. The monoisotopic (exact) mass is 269 g/mol. The second kappa shape index (κ2) is 6.20. The molecule has 1 aromatic rings. The van der Waals surface area contributed by atoms with E-state index in [1.165, 1.54) is 31.9 Å². The number of nitrogens with one attached hydrogen (secondary N) is 1. The third-order valence-corrected chi connectivity index (χ3v) is 3.74. The van der Waals surface area contributed by atoms with Crippen molar-refractivity contribution >= 4 is 23.4 Å². The van der Waals surface area contributed by atoms with E-state index in [1.54, 1.807) is 0 Å². The molecule has 2 rings (SSSR count). The number of halogens is 1. The normalized spacial score (nSPS) is 16.4. The second-order valence-corrected chi connectivity index (χ2v) is 5.18. The molecule has 0 bridgehead atoms. The van der Waals surface area contributed by atoms with Gasteiger partial charge in [-0.15, -0.1) is 0 Å². The molecule has 5 nitrogen and oxygen atoms in total. The highest BCUT2D eigenvalue weighted by Gasteiger charge is 2.18. The van der Waals surface area contributed by atoms with E-state index in [2.05, 4.69) is 27.2 Å². The van der Waals surface area contributed by atoms with E-state index in [1.807, 2.05) is 0 Å². The van der Waals surface area contributed by atoms with Crippen LogP contribution in [0.2, 0.25) is 5.02 Å². The zero-order chi connectivity index (χ0) is 13.0. The van der Waals surface area contributed by atoms with Crippen molar-refractivity contribution in [1.29, 1.82) is 0 Å². The quantitative estimate of drug-likeness (QED) is 0.856. The van der Waals surface area contributed by atoms with Crippen LogP contribution < -0.4 is 11.1 Å². The van der Waals surface area contributed by atoms with Gasteiger partial charge in [0, 0.05) is 19.1 Å². The van der Waals surface area contributed by atoms with Crippen molar-refractivity contribution in [3.63, 3.8) is 0 Å². The van der Waals surface area contributed by atoms with Crippen LogP contribution in [0.5, 0.6) is 0 Å². The summed E-state index contributed by atoms with van der Waals surface area (Å²) in [6, 6.07) is 0.734. The Morgan fingerprint density at radius 1 is 1.50 bits per heavy atom. The van der Waals surface area contributed by atoms with Crippen LogP contribution in [0.25, 0.3) is 0 Å². The molecule has 1 aliphatic rings. The van der Waals surface area contributed by atoms with Gasteiger partial charge in [0.2, 0.25) is 5.95 Å². The lowest BCUT2D eigenvalue weighted by Gasteiger charge is -2.24. The van der Waals surface area contributed by atoms with E-state index < -0.39 is 0 Å². The van der Waals surface area contributed by atoms with Crippen LogP contribution in [-0.4, -0.2) is 41.0 Å². The first-order valence-corrected chi connectivity index (χ1v) is 6.77. The van der Waals surface area contributed by atoms with Gasteiger partial charge in [0.1, 0.15) is 5.02 Å². The van der Waals surface area contributed by atoms with E-state index in [9.17, 15) is 0 Å². The third-order valence-electron chi connectivity index (χ3n) is 3.47. The Hall–Kier alpha value is -1.07. The standard InChI is InChI=1S/C12H20ClN5/c1-18(9-4-2-3-5-9)7-6-15-11-10(13)8-16-12(14)17-11/h8-9H,2-7H2,1H3,(H3,14,15,16,17). The molecule has 3 N–H and O–H groups in total. The number of hydrogen-bond acceptors (Lipinski definition) is 5. The van der Waals surface area contributed by atoms with Crippen molar-refractivity contribution in [2.24, 2.45) is 0 Å². The average molecular weight is 270 g/mol. The molecular formula is C12H20ClN5. The van der Waals surface area contributed by atoms with E-state index in [-0.39, 0.29) is 5.95 Å². The molecule has 6 heteroatoms. The molecule has 1 heterocycles. The number of aromatic nitrogens is 2. The van der Waals surface area contributed by atoms with Crippen LogP contribution in [0.4, 0.5) is 11.8 Å². The Labute approximate surface area is 113 Å². The molecule has 100 valence electrons. The molecule has 0 radical (unpaired) electrons. The van der Waals surface area contributed by atoms with Gasteiger partial charge in [-0.3, -0.25) is 0 Å². The van der Waals surface area contributed by atoms with Gasteiger partial charge in [0.25, 0.3) is 0 Å². The summed E-state index contributed by atoms with van der Waals surface area (Å²) in [6.07, 6.45) is 6.87. The van der Waals surface area contributed by atoms with E-state index in [0.29, 0.717) is 10.8 Å². The van der Waals surface area contributed by atoms with Crippen LogP contribution in [-0.2, 0) is 0 Å². The van der Waals surface area contributed by atoms with Crippen LogP contribution >= 0.6 is 11.6 Å². The van der Waals surface area contributed by atoms with Crippen molar-refractivity contribution in [2.45, 2.75) is 31.7 Å². The Morgan fingerprint density at radius 3 is 2.94 bits per heavy atom. The number of nitrogens with zero attached hydrogens (tertiary/aromatic N) is 3. The third kappa shape index (κ3) is 3.46. The number of hydrogen-bond donors (Lipinski definition) is 2. The Morgan fingerprint density at radius 2 is 2.22 bits per heavy atom. The van der Waals surface area contributed by atoms with Crippen LogP contribution in [0.15, 0.2) is 6.20 Å². The molecule has 0 aliphatic heterocycles. The van der Waals surface area contributed by atoms with E-state index in [0.717, 1.165) is 19.1 Å². The number of rotatable bonds is 5. The fourth-order valence-corrected chi connectivity index (χ4v) is 2.54. The van der Waals surface area contributed by atoms with E-state index >= 15 is 0 Å². The molecule has 1 fully saturated rings. The molecule has 0 unspecified atom stereocenters. The minimum Gasteiger partial charge on any atom is -0.368 e. The minimum atomic E-state index is 0.242. The summed E-state index contributed by atoms with van der Waals surface area (Å²) in [7, 11) is 2.17. The van der Waals surface area contributed by atoms with Crippen LogP contribution in [0, 0.1) is 0 Å². The molecule has 1 saturated carbocycles. The summed E-state index contributed by atoms with van der Waals surface area (Å²) < 4.78 is 0. The van der Waals surface area contributed by atoms with Gasteiger partial charge >= 0.3 is 0 Å². The fourth-order valence-electron chi connectivity index (χ4n) is 2.38. The molecule has 1 aromatic heterocycles. The van der Waals surface area contributed by atoms with Crippen molar-refractivity contribution in [3.8, 4) is 0 Å². The fraction of sp³-hybridized carbons (Fsp3) is 0.667. The zero-order valence-electron chi connectivity index (χ0n) is 10.7. The number of likely N-dealkylation sites (N-methyl/N-ethyl adjacent to an activating group) is 1. The Balaban J connectivity index is 1.79. The summed E-state index contributed by atoms with van der Waals surface area (Å²) in [5.41, 5.74) is 5.53. The Kier molecular flexibility index (Phi) is 4.60. The summed E-state index contributed by atoms with van der Waals surface area (Å²) in [5.74, 6) is 0.857. The minimum absolute atomic E-state index is 0.242. The van der Waals surface area contributed by atoms with Crippen LogP contribution in [0.3, 0.4) is 0 Å². The van der Waals surface area contributed by atoms with Crippen molar-refractivity contribution in [3.05, 3.63) is 11.2 Å². The maximum absolute atomic E-state index is 5.98. The number of nitrogens with two attached hydrogens (primary N) is 1. The highest BCUT2D eigenvalue weighted by molar-refractivity contribution is 6.32. The predicted molar refractivity (Wildman–Crippen MR) is 74.8 cm³/mol. The first-order chi connectivity index (χ1) is 8.66. The maximum atomic E-state index is 5.98. The lowest BCUT2D eigenvalue weighted by molar-refractivity contribution is 0.254. The van der Waals surface area contributed by atoms with Crippen molar-refractivity contribution < 1.29 is 0 Å². The summed E-state index contributed by atoms with van der Waals surface area (Å²) >= 11 is 5.98. The molecule has 18 heavy (non-hydrogen) atoms. The number of nitrogen functional groups attached to an aromatic ring is 1. The van der Waals surface area contributed by atoms with E-state index in [4.69, 9.17) is 17.3 Å². The molecule has 0 spiro atoms.